The zero-order valence-corrected chi connectivity index (χ0v) is 17.7. The Labute approximate surface area is 173 Å². The molecule has 2 heterocycles. The summed E-state index contributed by atoms with van der Waals surface area (Å²) in [5.41, 5.74) is 2.84. The molecular weight excluding hydrogens is 386 g/mol. The lowest BCUT2D eigenvalue weighted by Gasteiger charge is -2.16. The Morgan fingerprint density at radius 3 is 2.63 bits per heavy atom. The van der Waals surface area contributed by atoms with Gasteiger partial charge in [0.1, 0.15) is 29.6 Å². The van der Waals surface area contributed by atoms with Gasteiger partial charge in [0.15, 0.2) is 0 Å². The van der Waals surface area contributed by atoms with Crippen LogP contribution in [-0.2, 0) is 16.1 Å². The molecule has 0 aliphatic heterocycles. The highest BCUT2D eigenvalue weighted by Gasteiger charge is 2.24. The molecule has 1 aromatic carbocycles. The molecule has 2 aromatic heterocycles. The highest BCUT2D eigenvalue weighted by molar-refractivity contribution is 6.03. The van der Waals surface area contributed by atoms with E-state index < -0.39 is 11.5 Å². The largest absolute Gasteiger partial charge is 0.462 e. The maximum absolute atomic E-state index is 12.9. The standard InChI is InChI=1S/C22H25N3O5/c1-6-29-22(28)18-15(5)30-20-19(18)21(27)25(11-23-20)10-17(26)24-14(4)16-8-7-12(2)13(3)9-16/h7-9,11,14H,6,10H2,1-5H3,(H,24,26). The number of furan rings is 1. The number of aryl methyl sites for hydroxylation is 3. The molecule has 1 N–H and O–H groups in total. The lowest BCUT2D eigenvalue weighted by molar-refractivity contribution is -0.122. The normalized spacial score (nSPS) is 12.0. The zero-order valence-electron chi connectivity index (χ0n) is 17.7. The van der Waals surface area contributed by atoms with E-state index in [-0.39, 0.29) is 47.5 Å². The maximum atomic E-state index is 12.9. The third-order valence-corrected chi connectivity index (χ3v) is 5.06. The van der Waals surface area contributed by atoms with Crippen LogP contribution in [0.1, 0.15) is 52.7 Å². The first-order valence-electron chi connectivity index (χ1n) is 9.75. The van der Waals surface area contributed by atoms with Crippen LogP contribution in [0.25, 0.3) is 11.1 Å². The van der Waals surface area contributed by atoms with Gasteiger partial charge >= 0.3 is 5.97 Å². The Morgan fingerprint density at radius 1 is 1.23 bits per heavy atom. The van der Waals surface area contributed by atoms with Crippen LogP contribution in [0.15, 0.2) is 33.7 Å². The quantitative estimate of drug-likeness (QED) is 0.626. The van der Waals surface area contributed by atoms with Crippen molar-refractivity contribution in [2.75, 3.05) is 6.61 Å². The number of carbonyl (C=O) groups is 2. The van der Waals surface area contributed by atoms with Crippen molar-refractivity contribution in [3.05, 3.63) is 62.9 Å². The number of nitrogens with one attached hydrogen (secondary N) is 1. The van der Waals surface area contributed by atoms with Crippen LogP contribution in [0.5, 0.6) is 0 Å². The van der Waals surface area contributed by atoms with Gasteiger partial charge in [-0.05, 0) is 51.3 Å². The Kier molecular flexibility index (Phi) is 6.05. The van der Waals surface area contributed by atoms with Crippen molar-refractivity contribution in [2.24, 2.45) is 0 Å². The Balaban J connectivity index is 1.84. The minimum absolute atomic E-state index is 0.0171. The maximum Gasteiger partial charge on any atom is 0.342 e. The van der Waals surface area contributed by atoms with Gasteiger partial charge in [0, 0.05) is 0 Å². The summed E-state index contributed by atoms with van der Waals surface area (Å²) >= 11 is 0. The molecule has 0 aliphatic carbocycles. The summed E-state index contributed by atoms with van der Waals surface area (Å²) < 4.78 is 11.6. The molecule has 8 nitrogen and oxygen atoms in total. The number of amides is 1. The Bertz CT molecular complexity index is 1180. The van der Waals surface area contributed by atoms with Crippen molar-refractivity contribution >= 4 is 23.0 Å². The fourth-order valence-corrected chi connectivity index (χ4v) is 3.26. The third kappa shape index (κ3) is 4.12. The number of benzene rings is 1. The molecule has 1 unspecified atom stereocenters. The molecule has 3 aromatic rings. The van der Waals surface area contributed by atoms with Gasteiger partial charge in [-0.1, -0.05) is 18.2 Å². The van der Waals surface area contributed by atoms with Gasteiger partial charge in [-0.25, -0.2) is 9.78 Å². The second-order valence-corrected chi connectivity index (χ2v) is 7.24. The highest BCUT2D eigenvalue weighted by atomic mass is 16.5. The molecule has 0 saturated carbocycles. The average Bonchev–Trinajstić information content (AvgIpc) is 3.03. The number of hydrogen-bond acceptors (Lipinski definition) is 6. The molecule has 1 amide bonds. The van der Waals surface area contributed by atoms with Crippen LogP contribution < -0.4 is 10.9 Å². The Hall–Kier alpha value is -3.42. The number of rotatable bonds is 6. The zero-order chi connectivity index (χ0) is 22.0. The van der Waals surface area contributed by atoms with Crippen molar-refractivity contribution in [3.63, 3.8) is 0 Å². The molecule has 0 fully saturated rings. The second-order valence-electron chi connectivity index (χ2n) is 7.24. The van der Waals surface area contributed by atoms with Crippen LogP contribution in [0, 0.1) is 20.8 Å². The van der Waals surface area contributed by atoms with Gasteiger partial charge in [0.05, 0.1) is 12.6 Å². The van der Waals surface area contributed by atoms with E-state index >= 15 is 0 Å². The molecule has 0 aliphatic rings. The third-order valence-electron chi connectivity index (χ3n) is 5.06. The van der Waals surface area contributed by atoms with Crippen molar-refractivity contribution in [2.45, 2.75) is 47.2 Å². The molecule has 3 rings (SSSR count). The van der Waals surface area contributed by atoms with E-state index in [1.165, 1.54) is 11.9 Å². The number of esters is 1. The number of aromatic nitrogens is 2. The lowest BCUT2D eigenvalue weighted by atomic mass is 10.0. The van der Waals surface area contributed by atoms with Crippen molar-refractivity contribution < 1.29 is 18.7 Å². The van der Waals surface area contributed by atoms with Crippen molar-refractivity contribution in [1.82, 2.24) is 14.9 Å². The first kappa shape index (κ1) is 21.3. The summed E-state index contributed by atoms with van der Waals surface area (Å²) in [5, 5.41) is 2.91. The first-order valence-corrected chi connectivity index (χ1v) is 9.75. The predicted molar refractivity (Wildman–Crippen MR) is 111 cm³/mol. The lowest BCUT2D eigenvalue weighted by Crippen LogP contribution is -2.34. The number of ether oxygens (including phenoxy) is 1. The van der Waals surface area contributed by atoms with E-state index in [0.717, 1.165) is 15.7 Å². The number of fused-ring (bicyclic) bond motifs is 1. The van der Waals surface area contributed by atoms with Crippen LogP contribution in [-0.4, -0.2) is 28.0 Å². The van der Waals surface area contributed by atoms with E-state index in [0.29, 0.717) is 0 Å². The van der Waals surface area contributed by atoms with Gasteiger partial charge in [0.25, 0.3) is 5.56 Å². The fraction of sp³-hybridized carbons (Fsp3) is 0.364. The summed E-state index contributed by atoms with van der Waals surface area (Å²) in [5.74, 6) is -0.751. The van der Waals surface area contributed by atoms with Gasteiger partial charge in [-0.3, -0.25) is 14.2 Å². The van der Waals surface area contributed by atoms with Crippen molar-refractivity contribution in [3.8, 4) is 0 Å². The molecule has 1 atom stereocenters. The molecular formula is C22H25N3O5. The fourth-order valence-electron chi connectivity index (χ4n) is 3.26. The summed E-state index contributed by atoms with van der Waals surface area (Å²) in [6, 6.07) is 5.77. The van der Waals surface area contributed by atoms with E-state index in [1.807, 2.05) is 39.0 Å². The van der Waals surface area contributed by atoms with E-state index in [9.17, 15) is 14.4 Å². The molecule has 0 bridgehead atoms. The summed E-state index contributed by atoms with van der Waals surface area (Å²) in [7, 11) is 0. The van der Waals surface area contributed by atoms with Crippen molar-refractivity contribution in [1.29, 1.82) is 0 Å². The monoisotopic (exact) mass is 411 g/mol. The van der Waals surface area contributed by atoms with Crippen LogP contribution >= 0.6 is 0 Å². The summed E-state index contributed by atoms with van der Waals surface area (Å²) in [6.07, 6.45) is 1.24. The minimum Gasteiger partial charge on any atom is -0.462 e. The van der Waals surface area contributed by atoms with Gasteiger partial charge in [0.2, 0.25) is 11.6 Å². The topological polar surface area (TPSA) is 103 Å². The van der Waals surface area contributed by atoms with Gasteiger partial charge in [-0.15, -0.1) is 0 Å². The average molecular weight is 411 g/mol. The molecule has 0 radical (unpaired) electrons. The number of carbonyl (C=O) groups excluding carboxylic acids is 2. The first-order chi connectivity index (χ1) is 14.2. The summed E-state index contributed by atoms with van der Waals surface area (Å²) in [6.45, 7) is 9.09. The SMILES string of the molecule is CCOC(=O)c1c(C)oc2ncn(CC(=O)NC(C)c3ccc(C)c(C)c3)c(=O)c12. The van der Waals surface area contributed by atoms with E-state index in [1.54, 1.807) is 13.8 Å². The van der Waals surface area contributed by atoms with Crippen LogP contribution in [0.3, 0.4) is 0 Å². The number of nitrogens with zero attached hydrogens (tertiary/aromatic N) is 2. The van der Waals surface area contributed by atoms with E-state index in [2.05, 4.69) is 10.3 Å². The number of hydrogen-bond donors (Lipinski definition) is 1. The Morgan fingerprint density at radius 2 is 1.97 bits per heavy atom. The summed E-state index contributed by atoms with van der Waals surface area (Å²) in [4.78, 5) is 41.8. The van der Waals surface area contributed by atoms with Crippen LogP contribution in [0.2, 0.25) is 0 Å². The molecule has 8 heteroatoms. The van der Waals surface area contributed by atoms with Gasteiger partial charge < -0.3 is 14.5 Å². The van der Waals surface area contributed by atoms with Gasteiger partial charge in [-0.2, -0.15) is 0 Å². The smallest absolute Gasteiger partial charge is 0.342 e. The molecule has 0 saturated heterocycles. The van der Waals surface area contributed by atoms with E-state index in [4.69, 9.17) is 9.15 Å². The molecule has 30 heavy (non-hydrogen) atoms. The minimum atomic E-state index is -0.654. The van der Waals surface area contributed by atoms with Crippen LogP contribution in [0.4, 0.5) is 0 Å². The second kappa shape index (κ2) is 8.52. The molecule has 0 spiro atoms. The predicted octanol–water partition coefficient (Wildman–Crippen LogP) is 2.97. The highest BCUT2D eigenvalue weighted by Crippen LogP contribution is 2.22. The molecule has 158 valence electrons.